The summed E-state index contributed by atoms with van der Waals surface area (Å²) in [4.78, 5) is 68.2. The molecule has 218 valence electrons. The van der Waals surface area contributed by atoms with Gasteiger partial charge in [0.15, 0.2) is 6.10 Å². The van der Waals surface area contributed by atoms with E-state index in [4.69, 9.17) is 21.7 Å². The zero-order valence-electron chi connectivity index (χ0n) is 20.6. The van der Waals surface area contributed by atoms with Crippen molar-refractivity contribution in [2.45, 2.75) is 37.1 Å². The molecule has 0 aromatic carbocycles. The summed E-state index contributed by atoms with van der Waals surface area (Å²) < 4.78 is 0. The molecule has 4 amide bonds. The van der Waals surface area contributed by atoms with Crippen LogP contribution in [0.4, 0.5) is 0 Å². The Balaban J connectivity index is 3.93. The van der Waals surface area contributed by atoms with Crippen LogP contribution in [0.2, 0.25) is 0 Å². The second kappa shape index (κ2) is 20.3. The van der Waals surface area contributed by atoms with Crippen LogP contribution in [0.25, 0.3) is 0 Å². The third kappa shape index (κ3) is 17.8. The van der Waals surface area contributed by atoms with Crippen LogP contribution in [0.3, 0.4) is 0 Å². The van der Waals surface area contributed by atoms with Gasteiger partial charge in [0.25, 0.3) is 5.91 Å². The van der Waals surface area contributed by atoms with Gasteiger partial charge in [-0.15, -0.1) is 23.5 Å². The molecule has 0 fully saturated rings. The van der Waals surface area contributed by atoms with Crippen molar-refractivity contribution in [1.29, 1.82) is 0 Å². The maximum Gasteiger partial charge on any atom is 0.321 e. The van der Waals surface area contributed by atoms with E-state index < -0.39 is 54.0 Å². The van der Waals surface area contributed by atoms with E-state index in [9.17, 15) is 39.0 Å². The first kappa shape index (κ1) is 35.4. The maximum atomic E-state index is 11.9. The number of aliphatic hydroxyl groups is 2. The van der Waals surface area contributed by atoms with E-state index in [-0.39, 0.29) is 67.9 Å². The van der Waals surface area contributed by atoms with E-state index in [1.54, 1.807) is 0 Å². The molecular formula is C20H36N6O10S2. The molecule has 38 heavy (non-hydrogen) atoms. The Morgan fingerprint density at radius 1 is 0.658 bits per heavy atom. The van der Waals surface area contributed by atoms with Crippen LogP contribution in [0.5, 0.6) is 0 Å². The predicted octanol–water partition coefficient (Wildman–Crippen LogP) is -4.76. The third-order valence-electron chi connectivity index (χ3n) is 4.51. The minimum atomic E-state index is -1.79. The Hall–Kier alpha value is -2.64. The molecule has 18 heteroatoms. The van der Waals surface area contributed by atoms with Gasteiger partial charge in [0.2, 0.25) is 17.7 Å². The highest BCUT2D eigenvalue weighted by Gasteiger charge is 2.24. The maximum absolute atomic E-state index is 11.9. The summed E-state index contributed by atoms with van der Waals surface area (Å²) >= 11 is 2.10. The summed E-state index contributed by atoms with van der Waals surface area (Å²) in [6.45, 7) is 0.214. The van der Waals surface area contributed by atoms with Gasteiger partial charge in [-0.05, 0) is 6.42 Å². The zero-order chi connectivity index (χ0) is 29.1. The number of aliphatic carboxylic acids is 2. The molecule has 0 heterocycles. The summed E-state index contributed by atoms with van der Waals surface area (Å²) in [7, 11) is 0. The van der Waals surface area contributed by atoms with Crippen LogP contribution in [-0.2, 0) is 28.8 Å². The standard InChI is InChI=1S/C20H36N6O10S2/c21-11(19(33)34)7-37-9-15(29)24-4-3-23-14(28)2-1-13(27)17(31)18(32)26-6-5-25-16(30)10-38-8-12(22)20(35)36/h11-13,17,27,31H,1-10,21-22H2,(H,23,28)(H,24,29)(H,25,30)(H,26,32)(H,33,34)(H,35,36)/t11?,12?,13-,17+/m1/s1. The Morgan fingerprint density at radius 2 is 1.05 bits per heavy atom. The number of carbonyl (C=O) groups excluding carboxylic acids is 4. The van der Waals surface area contributed by atoms with Crippen molar-refractivity contribution >= 4 is 59.1 Å². The Bertz CT molecular complexity index is 806. The number of nitrogens with one attached hydrogen (secondary N) is 4. The van der Waals surface area contributed by atoms with Crippen molar-refractivity contribution in [3.63, 3.8) is 0 Å². The van der Waals surface area contributed by atoms with Crippen molar-refractivity contribution < 1.29 is 49.2 Å². The lowest BCUT2D eigenvalue weighted by molar-refractivity contribution is -0.138. The second-order valence-electron chi connectivity index (χ2n) is 7.81. The molecule has 16 nitrogen and oxygen atoms in total. The van der Waals surface area contributed by atoms with Crippen LogP contribution in [0, 0.1) is 0 Å². The van der Waals surface area contributed by atoms with Crippen LogP contribution in [0.15, 0.2) is 0 Å². The highest BCUT2D eigenvalue weighted by molar-refractivity contribution is 8.00. The Kier molecular flexibility index (Phi) is 18.9. The summed E-state index contributed by atoms with van der Waals surface area (Å²) in [5, 5.41) is 47.0. The number of carboxylic acid groups (broad SMARTS) is 2. The third-order valence-corrected chi connectivity index (χ3v) is 6.63. The lowest BCUT2D eigenvalue weighted by Gasteiger charge is -2.17. The lowest BCUT2D eigenvalue weighted by Crippen LogP contribution is -2.45. The molecule has 2 unspecified atom stereocenters. The molecule has 0 saturated carbocycles. The van der Waals surface area contributed by atoms with Crippen molar-refractivity contribution in [3.8, 4) is 0 Å². The van der Waals surface area contributed by atoms with E-state index >= 15 is 0 Å². The first-order chi connectivity index (χ1) is 17.8. The van der Waals surface area contributed by atoms with E-state index in [0.717, 1.165) is 23.5 Å². The van der Waals surface area contributed by atoms with Crippen LogP contribution in [-0.4, -0.2) is 129 Å². The molecule has 0 radical (unpaired) electrons. The fraction of sp³-hybridized carbons (Fsp3) is 0.700. The predicted molar refractivity (Wildman–Crippen MR) is 139 cm³/mol. The average Bonchev–Trinajstić information content (AvgIpc) is 2.86. The molecule has 4 atom stereocenters. The molecule has 0 aliphatic heterocycles. The SMILES string of the molecule is NC(CSCC(=O)NCCNC(=O)CC[C@@H](O)[C@H](O)C(=O)NCCNC(=O)CSCC(N)C(=O)O)C(=O)O. The van der Waals surface area contributed by atoms with Gasteiger partial charge in [0, 0.05) is 44.1 Å². The summed E-state index contributed by atoms with van der Waals surface area (Å²) in [6.07, 6.45) is -3.71. The lowest BCUT2D eigenvalue weighted by atomic mass is 10.1. The van der Waals surface area contributed by atoms with E-state index in [2.05, 4.69) is 21.3 Å². The van der Waals surface area contributed by atoms with Crippen molar-refractivity contribution in [1.82, 2.24) is 21.3 Å². The molecule has 0 aliphatic carbocycles. The Morgan fingerprint density at radius 3 is 1.47 bits per heavy atom. The molecule has 0 rings (SSSR count). The number of thioether (sulfide) groups is 2. The van der Waals surface area contributed by atoms with Gasteiger partial charge < -0.3 is 53.2 Å². The number of hydrogen-bond donors (Lipinski definition) is 10. The van der Waals surface area contributed by atoms with Gasteiger partial charge in [0.1, 0.15) is 12.1 Å². The van der Waals surface area contributed by atoms with Crippen LogP contribution < -0.4 is 32.7 Å². The number of rotatable bonds is 21. The topological polar surface area (TPSA) is 284 Å². The van der Waals surface area contributed by atoms with Crippen LogP contribution in [0.1, 0.15) is 12.8 Å². The fourth-order valence-electron chi connectivity index (χ4n) is 2.40. The number of amides is 4. The number of carbonyl (C=O) groups is 6. The fourth-order valence-corrected chi connectivity index (χ4v) is 4.00. The van der Waals surface area contributed by atoms with Gasteiger partial charge in [-0.25, -0.2) is 0 Å². The number of aliphatic hydroxyl groups excluding tert-OH is 2. The summed E-state index contributed by atoms with van der Waals surface area (Å²) in [6, 6.07) is -2.14. The van der Waals surface area contributed by atoms with Gasteiger partial charge >= 0.3 is 11.9 Å². The molecular weight excluding hydrogens is 548 g/mol. The smallest absolute Gasteiger partial charge is 0.321 e. The quantitative estimate of drug-likeness (QED) is 0.0567. The van der Waals surface area contributed by atoms with Gasteiger partial charge in [-0.2, -0.15) is 0 Å². The first-order valence-electron chi connectivity index (χ1n) is 11.4. The van der Waals surface area contributed by atoms with Crippen LogP contribution >= 0.6 is 23.5 Å². The minimum absolute atomic E-state index is 0.0102. The molecule has 0 aromatic rings. The first-order valence-corrected chi connectivity index (χ1v) is 13.7. The van der Waals surface area contributed by atoms with E-state index in [1.807, 2.05) is 0 Å². The molecule has 12 N–H and O–H groups in total. The number of carboxylic acids is 2. The molecule has 0 bridgehead atoms. The molecule has 0 aromatic heterocycles. The zero-order valence-corrected chi connectivity index (χ0v) is 22.2. The Labute approximate surface area is 227 Å². The van der Waals surface area contributed by atoms with Crippen molar-refractivity contribution in [2.24, 2.45) is 11.5 Å². The average molecular weight is 585 g/mol. The highest BCUT2D eigenvalue weighted by Crippen LogP contribution is 2.04. The van der Waals surface area contributed by atoms with Gasteiger partial charge in [-0.3, -0.25) is 28.8 Å². The molecule has 0 spiro atoms. The van der Waals surface area contributed by atoms with Gasteiger partial charge in [-0.1, -0.05) is 0 Å². The van der Waals surface area contributed by atoms with Crippen molar-refractivity contribution in [3.05, 3.63) is 0 Å². The largest absolute Gasteiger partial charge is 0.480 e. The number of nitrogens with two attached hydrogens (primary N) is 2. The van der Waals surface area contributed by atoms with Crippen molar-refractivity contribution in [2.75, 3.05) is 49.2 Å². The molecule has 0 aliphatic rings. The van der Waals surface area contributed by atoms with E-state index in [0.29, 0.717) is 0 Å². The normalized spacial score (nSPS) is 13.9. The minimum Gasteiger partial charge on any atom is -0.480 e. The van der Waals surface area contributed by atoms with E-state index in [1.165, 1.54) is 0 Å². The number of hydrogen-bond acceptors (Lipinski definition) is 12. The highest BCUT2D eigenvalue weighted by atomic mass is 32.2. The van der Waals surface area contributed by atoms with Gasteiger partial charge in [0.05, 0.1) is 17.6 Å². The summed E-state index contributed by atoms with van der Waals surface area (Å²) in [5.74, 6) is -4.31. The summed E-state index contributed by atoms with van der Waals surface area (Å²) in [5.41, 5.74) is 10.6. The second-order valence-corrected chi connectivity index (χ2v) is 9.87. The monoisotopic (exact) mass is 584 g/mol. The molecule has 0 saturated heterocycles.